The van der Waals surface area contributed by atoms with Crippen LogP contribution in [0.5, 0.6) is 0 Å². The second kappa shape index (κ2) is 6.21. The van der Waals surface area contributed by atoms with Crippen LogP contribution in [0.25, 0.3) is 0 Å². The summed E-state index contributed by atoms with van der Waals surface area (Å²) in [7, 11) is 2.05. The predicted octanol–water partition coefficient (Wildman–Crippen LogP) is 2.14. The Morgan fingerprint density at radius 2 is 2.38 bits per heavy atom. The molecule has 1 N–H and O–H groups in total. The Labute approximate surface area is 130 Å². The molecule has 1 atom stereocenters. The predicted molar refractivity (Wildman–Crippen MR) is 79.4 cm³/mol. The number of aromatic nitrogens is 2. The van der Waals surface area contributed by atoms with E-state index >= 15 is 0 Å². The summed E-state index contributed by atoms with van der Waals surface area (Å²) in [4.78, 5) is 6.67. The number of hydrogen-bond acceptors (Lipinski definition) is 5. The van der Waals surface area contributed by atoms with Crippen LogP contribution in [0.1, 0.15) is 23.3 Å². The molecule has 112 valence electrons. The molecule has 1 unspecified atom stereocenters. The minimum absolute atomic E-state index is 0.135. The number of likely N-dealkylation sites (N-methyl/N-ethyl adjacent to an activating group) is 1. The molecule has 0 bridgehead atoms. The largest absolute Gasteiger partial charge is 0.339 e. The molecule has 3 rings (SSSR count). The number of piperazine rings is 1. The maximum absolute atomic E-state index is 13.2. The Morgan fingerprint density at radius 3 is 3.14 bits per heavy atom. The van der Waals surface area contributed by atoms with Gasteiger partial charge < -0.3 is 9.84 Å². The second-order valence-electron chi connectivity index (χ2n) is 5.17. The molecular weight excluding hydrogens is 339 g/mol. The fourth-order valence-electron chi connectivity index (χ4n) is 2.39. The number of halogens is 2. The average Bonchev–Trinajstić information content (AvgIpc) is 2.92. The van der Waals surface area contributed by atoms with E-state index < -0.39 is 0 Å². The van der Waals surface area contributed by atoms with Gasteiger partial charge in [-0.2, -0.15) is 4.98 Å². The summed E-state index contributed by atoms with van der Waals surface area (Å²) in [5, 5.41) is 7.40. The SMILES string of the molecule is CN1CCNCC1c1noc(Cc2ccc(F)c(Br)c2)n1. The van der Waals surface area contributed by atoms with Crippen LogP contribution in [0.15, 0.2) is 27.2 Å². The van der Waals surface area contributed by atoms with Gasteiger partial charge in [-0.05, 0) is 40.7 Å². The van der Waals surface area contributed by atoms with Gasteiger partial charge in [0.05, 0.1) is 16.9 Å². The lowest BCUT2D eigenvalue weighted by Crippen LogP contribution is -2.44. The van der Waals surface area contributed by atoms with Crippen molar-refractivity contribution in [2.24, 2.45) is 0 Å². The van der Waals surface area contributed by atoms with E-state index in [4.69, 9.17) is 4.52 Å². The highest BCUT2D eigenvalue weighted by Gasteiger charge is 2.25. The van der Waals surface area contributed by atoms with Gasteiger partial charge in [-0.3, -0.25) is 4.90 Å². The molecule has 2 aromatic rings. The molecule has 0 spiro atoms. The van der Waals surface area contributed by atoms with Crippen molar-refractivity contribution in [2.45, 2.75) is 12.5 Å². The molecule has 1 aromatic heterocycles. The van der Waals surface area contributed by atoms with Gasteiger partial charge in [-0.25, -0.2) is 4.39 Å². The van der Waals surface area contributed by atoms with Crippen LogP contribution in [0.2, 0.25) is 0 Å². The third-order valence-electron chi connectivity index (χ3n) is 3.63. The van der Waals surface area contributed by atoms with Crippen LogP contribution in [0.3, 0.4) is 0 Å². The van der Waals surface area contributed by atoms with Crippen molar-refractivity contribution in [3.8, 4) is 0 Å². The fourth-order valence-corrected chi connectivity index (χ4v) is 2.82. The van der Waals surface area contributed by atoms with E-state index in [0.29, 0.717) is 22.6 Å². The van der Waals surface area contributed by atoms with E-state index in [1.54, 1.807) is 12.1 Å². The van der Waals surface area contributed by atoms with Crippen molar-refractivity contribution in [1.29, 1.82) is 0 Å². The van der Waals surface area contributed by atoms with Crippen LogP contribution >= 0.6 is 15.9 Å². The highest BCUT2D eigenvalue weighted by Crippen LogP contribution is 2.21. The van der Waals surface area contributed by atoms with Crippen LogP contribution in [0.4, 0.5) is 4.39 Å². The smallest absolute Gasteiger partial charge is 0.231 e. The van der Waals surface area contributed by atoms with Gasteiger partial charge in [0.1, 0.15) is 5.82 Å². The summed E-state index contributed by atoms with van der Waals surface area (Å²) in [6, 6.07) is 5.01. The molecule has 21 heavy (non-hydrogen) atoms. The molecule has 0 radical (unpaired) electrons. The van der Waals surface area contributed by atoms with Crippen LogP contribution in [-0.2, 0) is 6.42 Å². The quantitative estimate of drug-likeness (QED) is 0.914. The molecule has 1 aliphatic heterocycles. The Kier molecular flexibility index (Phi) is 4.32. The van der Waals surface area contributed by atoms with E-state index in [2.05, 4.69) is 43.3 Å². The molecule has 7 heteroatoms. The maximum Gasteiger partial charge on any atom is 0.231 e. The first kappa shape index (κ1) is 14.6. The molecular formula is C14H16BrFN4O. The van der Waals surface area contributed by atoms with Crippen LogP contribution in [-0.4, -0.2) is 41.7 Å². The van der Waals surface area contributed by atoms with E-state index in [9.17, 15) is 4.39 Å². The summed E-state index contributed by atoms with van der Waals surface area (Å²) in [6.07, 6.45) is 0.496. The average molecular weight is 355 g/mol. The minimum Gasteiger partial charge on any atom is -0.339 e. The summed E-state index contributed by atoms with van der Waals surface area (Å²) in [5.74, 6) is 0.961. The van der Waals surface area contributed by atoms with E-state index in [1.807, 2.05) is 0 Å². The van der Waals surface area contributed by atoms with Crippen molar-refractivity contribution >= 4 is 15.9 Å². The third-order valence-corrected chi connectivity index (χ3v) is 4.24. The highest BCUT2D eigenvalue weighted by atomic mass is 79.9. The number of rotatable bonds is 3. The van der Waals surface area contributed by atoms with Crippen LogP contribution in [0, 0.1) is 5.82 Å². The Bertz CT molecular complexity index is 633. The molecule has 1 aliphatic rings. The summed E-state index contributed by atoms with van der Waals surface area (Å²) >= 11 is 3.18. The zero-order valence-electron chi connectivity index (χ0n) is 11.6. The van der Waals surface area contributed by atoms with Gasteiger partial charge in [0.25, 0.3) is 0 Å². The maximum atomic E-state index is 13.2. The van der Waals surface area contributed by atoms with Crippen molar-refractivity contribution in [3.63, 3.8) is 0 Å². The van der Waals surface area contributed by atoms with Gasteiger partial charge in [-0.1, -0.05) is 11.2 Å². The van der Waals surface area contributed by atoms with E-state index in [1.165, 1.54) is 6.07 Å². The first-order valence-electron chi connectivity index (χ1n) is 6.81. The van der Waals surface area contributed by atoms with E-state index in [0.717, 1.165) is 25.2 Å². The van der Waals surface area contributed by atoms with Crippen LogP contribution < -0.4 is 5.32 Å². The topological polar surface area (TPSA) is 54.2 Å². The Hall–Kier alpha value is -1.31. The molecule has 1 aromatic carbocycles. The van der Waals surface area contributed by atoms with Gasteiger partial charge >= 0.3 is 0 Å². The first-order valence-corrected chi connectivity index (χ1v) is 7.60. The molecule has 1 saturated heterocycles. The molecule has 0 amide bonds. The minimum atomic E-state index is -0.278. The Morgan fingerprint density at radius 1 is 1.52 bits per heavy atom. The zero-order valence-corrected chi connectivity index (χ0v) is 13.2. The molecule has 5 nitrogen and oxygen atoms in total. The monoisotopic (exact) mass is 354 g/mol. The summed E-state index contributed by atoms with van der Waals surface area (Å²) in [6.45, 7) is 2.75. The summed E-state index contributed by atoms with van der Waals surface area (Å²) < 4.78 is 19.0. The molecule has 0 aliphatic carbocycles. The zero-order chi connectivity index (χ0) is 14.8. The number of benzene rings is 1. The van der Waals surface area contributed by atoms with Gasteiger partial charge in [-0.15, -0.1) is 0 Å². The second-order valence-corrected chi connectivity index (χ2v) is 6.03. The lowest BCUT2D eigenvalue weighted by molar-refractivity contribution is 0.190. The number of hydrogen-bond donors (Lipinski definition) is 1. The standard InChI is InChI=1S/C14H16BrFN4O/c1-20-5-4-17-8-12(20)14-18-13(21-19-14)7-9-2-3-11(16)10(15)6-9/h2-3,6,12,17H,4-5,7-8H2,1H3. The van der Waals surface area contributed by atoms with Crippen molar-refractivity contribution in [2.75, 3.05) is 26.7 Å². The number of nitrogens with one attached hydrogen (secondary N) is 1. The number of nitrogens with zero attached hydrogens (tertiary/aromatic N) is 3. The van der Waals surface area contributed by atoms with Crippen molar-refractivity contribution in [3.05, 3.63) is 45.8 Å². The molecule has 0 saturated carbocycles. The van der Waals surface area contributed by atoms with Gasteiger partial charge in [0.2, 0.25) is 5.89 Å². The van der Waals surface area contributed by atoms with Crippen molar-refractivity contribution in [1.82, 2.24) is 20.4 Å². The van der Waals surface area contributed by atoms with Gasteiger partial charge in [0, 0.05) is 19.6 Å². The Balaban J connectivity index is 1.74. The lowest BCUT2D eigenvalue weighted by atomic mass is 10.1. The highest BCUT2D eigenvalue weighted by molar-refractivity contribution is 9.10. The first-order chi connectivity index (χ1) is 10.1. The van der Waals surface area contributed by atoms with Gasteiger partial charge in [0.15, 0.2) is 5.82 Å². The third kappa shape index (κ3) is 3.30. The molecule has 1 fully saturated rings. The fraction of sp³-hybridized carbons (Fsp3) is 0.429. The normalized spacial score (nSPS) is 19.9. The summed E-state index contributed by atoms with van der Waals surface area (Å²) in [5.41, 5.74) is 0.925. The lowest BCUT2D eigenvalue weighted by Gasteiger charge is -2.30. The van der Waals surface area contributed by atoms with Crippen molar-refractivity contribution < 1.29 is 8.91 Å². The van der Waals surface area contributed by atoms with E-state index in [-0.39, 0.29) is 11.9 Å². The molecule has 2 heterocycles.